The number of anilines is 2. The Kier molecular flexibility index (Phi) is 5.54. The molecule has 0 saturated carbocycles. The van der Waals surface area contributed by atoms with Crippen molar-refractivity contribution in [3.63, 3.8) is 0 Å². The minimum absolute atomic E-state index is 0.0275. The first-order valence-electron chi connectivity index (χ1n) is 8.95. The molecule has 1 aromatic carbocycles. The summed E-state index contributed by atoms with van der Waals surface area (Å²) in [4.78, 5) is 30.6. The van der Waals surface area contributed by atoms with Crippen LogP contribution in [0.5, 0.6) is 0 Å². The topological polar surface area (TPSA) is 91.6 Å². The second-order valence-corrected chi connectivity index (χ2v) is 6.81. The maximum absolute atomic E-state index is 12.5. The Morgan fingerprint density at radius 1 is 1.11 bits per heavy atom. The molecule has 0 spiro atoms. The van der Waals surface area contributed by atoms with Crippen LogP contribution in [0.15, 0.2) is 42.6 Å². The Morgan fingerprint density at radius 2 is 1.78 bits per heavy atom. The van der Waals surface area contributed by atoms with E-state index in [9.17, 15) is 14.9 Å². The molecule has 0 radical (unpaired) electrons. The molecule has 1 N–H and O–H groups in total. The van der Waals surface area contributed by atoms with Gasteiger partial charge in [0.15, 0.2) is 0 Å². The van der Waals surface area contributed by atoms with Crippen molar-refractivity contribution < 1.29 is 9.72 Å². The van der Waals surface area contributed by atoms with Crippen LogP contribution < -0.4 is 10.2 Å². The van der Waals surface area contributed by atoms with Crippen LogP contribution >= 0.6 is 0 Å². The van der Waals surface area contributed by atoms with Gasteiger partial charge in [0, 0.05) is 37.9 Å². The van der Waals surface area contributed by atoms with E-state index >= 15 is 0 Å². The van der Waals surface area contributed by atoms with Crippen molar-refractivity contribution in [3.8, 4) is 0 Å². The molecule has 0 unspecified atom stereocenters. The van der Waals surface area contributed by atoms with E-state index in [1.807, 2.05) is 29.2 Å². The van der Waals surface area contributed by atoms with Crippen molar-refractivity contribution >= 4 is 23.2 Å². The number of hydrogen-bond donors (Lipinski definition) is 1. The molecule has 8 nitrogen and oxygen atoms in total. The minimum Gasteiger partial charge on any atom is -0.353 e. The summed E-state index contributed by atoms with van der Waals surface area (Å²) in [5.41, 5.74) is 1.99. The van der Waals surface area contributed by atoms with Crippen LogP contribution in [0.25, 0.3) is 0 Å². The zero-order chi connectivity index (χ0) is 19.4. The predicted molar refractivity (Wildman–Crippen MR) is 104 cm³/mol. The SMILES string of the molecule is CC(C)c1ccc(NC(=O)N2CCN(c3ccc([N+](=O)[O-])cn3)CC2)cc1. The number of rotatable bonds is 4. The zero-order valence-electron chi connectivity index (χ0n) is 15.5. The van der Waals surface area contributed by atoms with Crippen LogP contribution in [0, 0.1) is 10.1 Å². The van der Waals surface area contributed by atoms with E-state index in [0.29, 0.717) is 37.9 Å². The summed E-state index contributed by atoms with van der Waals surface area (Å²) in [6.45, 7) is 6.65. The molecule has 0 atom stereocenters. The first kappa shape index (κ1) is 18.6. The zero-order valence-corrected chi connectivity index (χ0v) is 15.5. The number of urea groups is 1. The minimum atomic E-state index is -0.466. The van der Waals surface area contributed by atoms with Crippen molar-refractivity contribution in [2.45, 2.75) is 19.8 Å². The molecular weight excluding hydrogens is 346 g/mol. The number of aromatic nitrogens is 1. The molecule has 1 aliphatic heterocycles. The molecule has 2 aromatic rings. The number of pyridine rings is 1. The summed E-state index contributed by atoms with van der Waals surface area (Å²) in [7, 11) is 0. The lowest BCUT2D eigenvalue weighted by atomic mass is 10.0. The highest BCUT2D eigenvalue weighted by atomic mass is 16.6. The van der Waals surface area contributed by atoms with E-state index in [4.69, 9.17) is 0 Å². The van der Waals surface area contributed by atoms with Gasteiger partial charge in [0.2, 0.25) is 0 Å². The number of benzene rings is 1. The molecule has 1 fully saturated rings. The summed E-state index contributed by atoms with van der Waals surface area (Å²) in [6.07, 6.45) is 1.26. The van der Waals surface area contributed by atoms with Crippen molar-refractivity contribution in [2.75, 3.05) is 36.4 Å². The molecule has 1 saturated heterocycles. The highest BCUT2D eigenvalue weighted by Gasteiger charge is 2.22. The van der Waals surface area contributed by atoms with E-state index in [1.54, 1.807) is 11.0 Å². The first-order valence-corrected chi connectivity index (χ1v) is 8.95. The third-order valence-electron chi connectivity index (χ3n) is 4.66. The van der Waals surface area contributed by atoms with Gasteiger partial charge in [-0.25, -0.2) is 9.78 Å². The lowest BCUT2D eigenvalue weighted by Gasteiger charge is -2.35. The molecule has 2 heterocycles. The van der Waals surface area contributed by atoms with E-state index in [1.165, 1.54) is 17.8 Å². The van der Waals surface area contributed by atoms with Crippen molar-refractivity contribution in [1.29, 1.82) is 0 Å². The Bertz CT molecular complexity index is 797. The van der Waals surface area contributed by atoms with Crippen LogP contribution in [0.1, 0.15) is 25.3 Å². The predicted octanol–water partition coefficient (Wildman–Crippen LogP) is 3.47. The number of carbonyl (C=O) groups excluding carboxylic acids is 1. The van der Waals surface area contributed by atoms with Crippen LogP contribution in [0.2, 0.25) is 0 Å². The van der Waals surface area contributed by atoms with Crippen molar-refractivity contribution in [3.05, 3.63) is 58.3 Å². The van der Waals surface area contributed by atoms with E-state index in [-0.39, 0.29) is 11.7 Å². The quantitative estimate of drug-likeness (QED) is 0.658. The van der Waals surface area contributed by atoms with Gasteiger partial charge in [-0.05, 0) is 29.7 Å². The Balaban J connectivity index is 1.53. The first-order chi connectivity index (χ1) is 12.9. The van der Waals surface area contributed by atoms with Gasteiger partial charge in [0.1, 0.15) is 12.0 Å². The van der Waals surface area contributed by atoms with Gasteiger partial charge in [-0.1, -0.05) is 26.0 Å². The second kappa shape index (κ2) is 8.03. The molecule has 27 heavy (non-hydrogen) atoms. The Morgan fingerprint density at radius 3 is 2.30 bits per heavy atom. The Hall–Kier alpha value is -3.16. The third-order valence-corrected chi connectivity index (χ3v) is 4.66. The lowest BCUT2D eigenvalue weighted by Crippen LogP contribution is -2.50. The molecule has 8 heteroatoms. The highest BCUT2D eigenvalue weighted by Crippen LogP contribution is 2.19. The fraction of sp³-hybridized carbons (Fsp3) is 0.368. The summed E-state index contributed by atoms with van der Waals surface area (Å²) in [6, 6.07) is 10.9. The van der Waals surface area contributed by atoms with Gasteiger partial charge < -0.3 is 15.1 Å². The normalized spacial score (nSPS) is 14.3. The van der Waals surface area contributed by atoms with Crippen LogP contribution in [-0.4, -0.2) is 47.0 Å². The number of amides is 2. The van der Waals surface area contributed by atoms with Gasteiger partial charge in [0.05, 0.1) is 4.92 Å². The monoisotopic (exact) mass is 369 g/mol. The number of nitrogens with zero attached hydrogens (tertiary/aromatic N) is 4. The fourth-order valence-electron chi connectivity index (χ4n) is 2.97. The van der Waals surface area contributed by atoms with Crippen LogP contribution in [0.4, 0.5) is 22.0 Å². The Labute approximate surface area is 158 Å². The van der Waals surface area contributed by atoms with Crippen LogP contribution in [-0.2, 0) is 0 Å². The summed E-state index contributed by atoms with van der Waals surface area (Å²) in [5.74, 6) is 1.14. The molecular formula is C19H23N5O3. The third kappa shape index (κ3) is 4.52. The van der Waals surface area contributed by atoms with Crippen molar-refractivity contribution in [2.24, 2.45) is 0 Å². The van der Waals surface area contributed by atoms with Gasteiger partial charge in [0.25, 0.3) is 5.69 Å². The van der Waals surface area contributed by atoms with Crippen molar-refractivity contribution in [1.82, 2.24) is 9.88 Å². The average molecular weight is 369 g/mol. The van der Waals surface area contributed by atoms with E-state index in [0.717, 1.165) is 5.69 Å². The molecule has 3 rings (SSSR count). The van der Waals surface area contributed by atoms with Gasteiger partial charge in [-0.15, -0.1) is 0 Å². The molecule has 1 aliphatic rings. The highest BCUT2D eigenvalue weighted by molar-refractivity contribution is 5.89. The largest absolute Gasteiger partial charge is 0.353 e. The second-order valence-electron chi connectivity index (χ2n) is 6.81. The molecule has 1 aromatic heterocycles. The van der Waals surface area contributed by atoms with E-state index in [2.05, 4.69) is 24.1 Å². The maximum atomic E-state index is 12.5. The average Bonchev–Trinajstić information content (AvgIpc) is 2.68. The molecule has 2 amide bonds. The van der Waals surface area contributed by atoms with Gasteiger partial charge >= 0.3 is 6.03 Å². The number of piperazine rings is 1. The summed E-state index contributed by atoms with van der Waals surface area (Å²) >= 11 is 0. The fourth-order valence-corrected chi connectivity index (χ4v) is 2.97. The number of nitro groups is 1. The maximum Gasteiger partial charge on any atom is 0.321 e. The lowest BCUT2D eigenvalue weighted by molar-refractivity contribution is -0.385. The number of carbonyl (C=O) groups is 1. The number of hydrogen-bond acceptors (Lipinski definition) is 5. The molecule has 142 valence electrons. The molecule has 0 bridgehead atoms. The van der Waals surface area contributed by atoms with Crippen LogP contribution in [0.3, 0.4) is 0 Å². The standard InChI is InChI=1S/C19H23N5O3/c1-14(2)15-3-5-16(6-4-15)21-19(25)23-11-9-22(10-12-23)18-8-7-17(13-20-18)24(26)27/h3-8,13-14H,9-12H2,1-2H3,(H,21,25). The summed E-state index contributed by atoms with van der Waals surface area (Å²) < 4.78 is 0. The molecule has 0 aliphatic carbocycles. The van der Waals surface area contributed by atoms with E-state index < -0.39 is 4.92 Å². The number of nitrogens with one attached hydrogen (secondary N) is 1. The summed E-state index contributed by atoms with van der Waals surface area (Å²) in [5, 5.41) is 13.6. The van der Waals surface area contributed by atoms with Gasteiger partial charge in [-0.2, -0.15) is 0 Å². The van der Waals surface area contributed by atoms with Gasteiger partial charge in [-0.3, -0.25) is 10.1 Å². The smallest absolute Gasteiger partial charge is 0.321 e.